The molecule has 0 aliphatic carbocycles. The molecule has 5 heteroatoms. The van der Waals surface area contributed by atoms with Crippen molar-refractivity contribution in [2.24, 2.45) is 0 Å². The van der Waals surface area contributed by atoms with Gasteiger partial charge in [-0.25, -0.2) is 4.79 Å². The van der Waals surface area contributed by atoms with E-state index in [1.807, 2.05) is 0 Å². The second kappa shape index (κ2) is 3.94. The van der Waals surface area contributed by atoms with Crippen molar-refractivity contribution in [3.8, 4) is 0 Å². The Morgan fingerprint density at radius 1 is 1.83 bits per heavy atom. The summed E-state index contributed by atoms with van der Waals surface area (Å²) in [5.41, 5.74) is 0. The maximum absolute atomic E-state index is 10.8. The minimum Gasteiger partial charge on any atom is -0.450 e. The molecule has 1 heterocycles. The Morgan fingerprint density at radius 2 is 2.58 bits per heavy atom. The van der Waals surface area contributed by atoms with Crippen molar-refractivity contribution in [2.45, 2.75) is 25.9 Å². The summed E-state index contributed by atoms with van der Waals surface area (Å²) >= 11 is 0. The van der Waals surface area contributed by atoms with E-state index in [0.717, 1.165) is 0 Å². The van der Waals surface area contributed by atoms with Gasteiger partial charge >= 0.3 is 6.09 Å². The molecule has 0 aromatic rings. The third-order valence-electron chi connectivity index (χ3n) is 1.56. The number of ether oxygens (including phenoxy) is 1. The predicted octanol–water partition coefficient (Wildman–Crippen LogP) is -0.0314. The third-order valence-corrected chi connectivity index (χ3v) is 1.56. The topological polar surface area (TPSA) is 67.4 Å². The summed E-state index contributed by atoms with van der Waals surface area (Å²) < 4.78 is 4.64. The maximum Gasteiger partial charge on any atom is 0.408 e. The molecule has 1 fully saturated rings. The fourth-order valence-corrected chi connectivity index (χ4v) is 1.04. The molecule has 2 amide bonds. The molecule has 5 nitrogen and oxygen atoms in total. The first-order valence-electron chi connectivity index (χ1n) is 3.95. The van der Waals surface area contributed by atoms with Gasteiger partial charge < -0.3 is 15.4 Å². The van der Waals surface area contributed by atoms with Gasteiger partial charge in [0.15, 0.2) is 0 Å². The number of rotatable bonds is 2. The lowest BCUT2D eigenvalue weighted by Gasteiger charge is -2.11. The van der Waals surface area contributed by atoms with Gasteiger partial charge in [-0.15, -0.1) is 0 Å². The summed E-state index contributed by atoms with van der Waals surface area (Å²) in [4.78, 5) is 21.5. The molecule has 1 saturated heterocycles. The highest BCUT2D eigenvalue weighted by Gasteiger charge is 2.22. The molecular formula is C7H12N2O3. The van der Waals surface area contributed by atoms with Crippen LogP contribution in [0.3, 0.4) is 0 Å². The van der Waals surface area contributed by atoms with Gasteiger partial charge in [0.1, 0.15) is 6.17 Å². The van der Waals surface area contributed by atoms with Gasteiger partial charge in [-0.05, 0) is 13.3 Å². The van der Waals surface area contributed by atoms with Crippen LogP contribution in [0.25, 0.3) is 0 Å². The fraction of sp³-hybridized carbons (Fsp3) is 0.714. The summed E-state index contributed by atoms with van der Waals surface area (Å²) in [6.45, 7) is 2.07. The lowest BCUT2D eigenvalue weighted by molar-refractivity contribution is -0.119. The van der Waals surface area contributed by atoms with E-state index in [-0.39, 0.29) is 12.1 Å². The van der Waals surface area contributed by atoms with Crippen molar-refractivity contribution in [2.75, 3.05) is 6.61 Å². The van der Waals surface area contributed by atoms with Gasteiger partial charge in [0, 0.05) is 6.42 Å². The number of alkyl carbamates (subject to hydrolysis) is 1. The van der Waals surface area contributed by atoms with E-state index < -0.39 is 6.09 Å². The van der Waals surface area contributed by atoms with Crippen LogP contribution in [0.5, 0.6) is 0 Å². The Bertz CT molecular complexity index is 193. The molecule has 68 valence electrons. The summed E-state index contributed by atoms with van der Waals surface area (Å²) in [7, 11) is 0. The molecule has 1 rings (SSSR count). The van der Waals surface area contributed by atoms with Gasteiger partial charge in [0.2, 0.25) is 5.91 Å². The molecule has 1 unspecified atom stereocenters. The molecule has 12 heavy (non-hydrogen) atoms. The van der Waals surface area contributed by atoms with Gasteiger partial charge in [-0.2, -0.15) is 0 Å². The van der Waals surface area contributed by atoms with E-state index in [9.17, 15) is 9.59 Å². The first-order chi connectivity index (χ1) is 5.72. The van der Waals surface area contributed by atoms with Crippen LogP contribution in [0, 0.1) is 0 Å². The highest BCUT2D eigenvalue weighted by atomic mass is 16.5. The molecule has 0 aromatic carbocycles. The fourth-order valence-electron chi connectivity index (χ4n) is 1.04. The number of amides is 2. The highest BCUT2D eigenvalue weighted by molar-refractivity contribution is 5.79. The number of hydrogen-bond acceptors (Lipinski definition) is 3. The summed E-state index contributed by atoms with van der Waals surface area (Å²) in [5, 5.41) is 5.11. The van der Waals surface area contributed by atoms with Gasteiger partial charge in [0.05, 0.1) is 6.61 Å². The van der Waals surface area contributed by atoms with E-state index in [2.05, 4.69) is 15.4 Å². The molecule has 1 atom stereocenters. The van der Waals surface area contributed by atoms with Gasteiger partial charge in [-0.3, -0.25) is 4.79 Å². The van der Waals surface area contributed by atoms with E-state index in [4.69, 9.17) is 0 Å². The second-order valence-corrected chi connectivity index (χ2v) is 2.52. The number of nitrogens with one attached hydrogen (secondary N) is 2. The molecule has 1 aliphatic heterocycles. The minimum atomic E-state index is -0.482. The van der Waals surface area contributed by atoms with Crippen LogP contribution in [-0.2, 0) is 9.53 Å². The summed E-state index contributed by atoms with van der Waals surface area (Å²) in [5.74, 6) is -0.0307. The monoisotopic (exact) mass is 172 g/mol. The van der Waals surface area contributed by atoms with E-state index in [1.54, 1.807) is 6.92 Å². The van der Waals surface area contributed by atoms with Gasteiger partial charge in [-0.1, -0.05) is 0 Å². The number of hydrogen-bond donors (Lipinski definition) is 2. The molecule has 1 aliphatic rings. The Morgan fingerprint density at radius 3 is 3.08 bits per heavy atom. The average Bonchev–Trinajstić information content (AvgIpc) is 2.36. The quantitative estimate of drug-likeness (QED) is 0.614. The zero-order valence-corrected chi connectivity index (χ0v) is 6.92. The Hall–Kier alpha value is -1.26. The van der Waals surface area contributed by atoms with Crippen molar-refractivity contribution in [1.29, 1.82) is 0 Å². The SMILES string of the molecule is CCOC(=O)NC1CCC(=O)N1. The minimum absolute atomic E-state index is 0.0307. The highest BCUT2D eigenvalue weighted by Crippen LogP contribution is 2.03. The standard InChI is InChI=1S/C7H12N2O3/c1-2-12-7(11)9-5-3-4-6(10)8-5/h5H,2-4H2,1H3,(H,8,10)(H,9,11). The molecule has 0 radical (unpaired) electrons. The third kappa shape index (κ3) is 2.41. The van der Waals surface area contributed by atoms with E-state index in [0.29, 0.717) is 19.4 Å². The molecule has 0 saturated carbocycles. The van der Waals surface area contributed by atoms with Crippen molar-refractivity contribution in [3.63, 3.8) is 0 Å². The van der Waals surface area contributed by atoms with Crippen molar-refractivity contribution in [3.05, 3.63) is 0 Å². The van der Waals surface area contributed by atoms with Crippen molar-refractivity contribution >= 4 is 12.0 Å². The molecule has 0 spiro atoms. The summed E-state index contributed by atoms with van der Waals surface area (Å²) in [6, 6.07) is 0. The second-order valence-electron chi connectivity index (χ2n) is 2.52. The first kappa shape index (κ1) is 8.83. The molecular weight excluding hydrogens is 160 g/mol. The van der Waals surface area contributed by atoms with Crippen LogP contribution in [0.4, 0.5) is 4.79 Å². The van der Waals surface area contributed by atoms with Crippen LogP contribution < -0.4 is 10.6 Å². The zero-order valence-electron chi connectivity index (χ0n) is 6.92. The molecule has 2 N–H and O–H groups in total. The number of carbonyl (C=O) groups excluding carboxylic acids is 2. The van der Waals surface area contributed by atoms with Crippen LogP contribution in [0.1, 0.15) is 19.8 Å². The lowest BCUT2D eigenvalue weighted by atomic mass is 10.3. The first-order valence-corrected chi connectivity index (χ1v) is 3.95. The van der Waals surface area contributed by atoms with Crippen LogP contribution in [0.2, 0.25) is 0 Å². The van der Waals surface area contributed by atoms with Crippen molar-refractivity contribution < 1.29 is 14.3 Å². The number of carbonyl (C=O) groups is 2. The van der Waals surface area contributed by atoms with Crippen LogP contribution in [0.15, 0.2) is 0 Å². The average molecular weight is 172 g/mol. The van der Waals surface area contributed by atoms with Crippen molar-refractivity contribution in [1.82, 2.24) is 10.6 Å². The zero-order chi connectivity index (χ0) is 8.97. The van der Waals surface area contributed by atoms with E-state index >= 15 is 0 Å². The Balaban J connectivity index is 2.23. The van der Waals surface area contributed by atoms with Crippen LogP contribution >= 0.6 is 0 Å². The summed E-state index contributed by atoms with van der Waals surface area (Å²) in [6.07, 6.45) is 0.371. The molecule has 0 aromatic heterocycles. The smallest absolute Gasteiger partial charge is 0.408 e. The normalized spacial score (nSPS) is 21.8. The van der Waals surface area contributed by atoms with Gasteiger partial charge in [0.25, 0.3) is 0 Å². The van der Waals surface area contributed by atoms with Crippen LogP contribution in [-0.4, -0.2) is 24.8 Å². The maximum atomic E-state index is 10.8. The molecule has 0 bridgehead atoms. The largest absolute Gasteiger partial charge is 0.450 e. The Labute approximate surface area is 70.5 Å². The van der Waals surface area contributed by atoms with E-state index in [1.165, 1.54) is 0 Å². The lowest BCUT2D eigenvalue weighted by Crippen LogP contribution is -2.42. The Kier molecular flexibility index (Phi) is 2.90. The predicted molar refractivity (Wildman–Crippen MR) is 41.3 cm³/mol.